The van der Waals surface area contributed by atoms with Crippen LogP contribution in [0.25, 0.3) is 0 Å². The number of carbonyl (C=O) groups excluding carboxylic acids is 1. The van der Waals surface area contributed by atoms with Crippen LogP contribution in [-0.2, 0) is 6.54 Å². The smallest absolute Gasteiger partial charge is 0.265 e. The highest BCUT2D eigenvalue weighted by atomic mass is 16.3. The van der Waals surface area contributed by atoms with Crippen LogP contribution in [0.15, 0.2) is 24.3 Å². The number of benzene rings is 1. The number of nitrogens with two attached hydrogens (primary N) is 1. The van der Waals surface area contributed by atoms with E-state index in [0.29, 0.717) is 18.0 Å². The van der Waals surface area contributed by atoms with Gasteiger partial charge in [-0.2, -0.15) is 0 Å². The van der Waals surface area contributed by atoms with Crippen LogP contribution in [-0.4, -0.2) is 35.6 Å². The van der Waals surface area contributed by atoms with E-state index in [4.69, 9.17) is 5.84 Å². The molecule has 1 aromatic rings. The molecular formula is C14H21N3O2. The van der Waals surface area contributed by atoms with Crippen LogP contribution in [0.1, 0.15) is 28.8 Å². The fourth-order valence-corrected chi connectivity index (χ4v) is 2.60. The van der Waals surface area contributed by atoms with Crippen molar-refractivity contribution in [3.8, 4) is 0 Å². The summed E-state index contributed by atoms with van der Waals surface area (Å²) in [5.74, 6) is 5.49. The molecule has 104 valence electrons. The number of aliphatic hydroxyl groups excluding tert-OH is 1. The summed E-state index contributed by atoms with van der Waals surface area (Å²) in [4.78, 5) is 13.8. The molecule has 0 spiro atoms. The topological polar surface area (TPSA) is 78.6 Å². The molecule has 0 unspecified atom stereocenters. The lowest BCUT2D eigenvalue weighted by molar-refractivity contribution is 0.0273. The van der Waals surface area contributed by atoms with E-state index in [2.05, 4.69) is 10.3 Å². The van der Waals surface area contributed by atoms with E-state index in [1.165, 1.54) is 0 Å². The third-order valence-electron chi connectivity index (χ3n) is 3.61. The fourth-order valence-electron chi connectivity index (χ4n) is 2.60. The minimum Gasteiger partial charge on any atom is -0.393 e. The van der Waals surface area contributed by atoms with E-state index < -0.39 is 0 Å². The summed E-state index contributed by atoms with van der Waals surface area (Å²) in [7, 11) is 2.03. The van der Waals surface area contributed by atoms with E-state index in [1.54, 1.807) is 6.07 Å². The van der Waals surface area contributed by atoms with Gasteiger partial charge < -0.3 is 10.0 Å². The van der Waals surface area contributed by atoms with Crippen molar-refractivity contribution in [1.29, 1.82) is 0 Å². The van der Waals surface area contributed by atoms with Crippen LogP contribution >= 0.6 is 0 Å². The van der Waals surface area contributed by atoms with E-state index >= 15 is 0 Å². The van der Waals surface area contributed by atoms with Crippen molar-refractivity contribution in [2.75, 3.05) is 13.6 Å². The number of hydrogen-bond acceptors (Lipinski definition) is 4. The summed E-state index contributed by atoms with van der Waals surface area (Å²) in [5.41, 5.74) is 3.76. The van der Waals surface area contributed by atoms with E-state index in [0.717, 1.165) is 24.9 Å². The maximum absolute atomic E-state index is 11.7. The molecule has 1 aliphatic rings. The second-order valence-electron chi connectivity index (χ2n) is 5.32. The van der Waals surface area contributed by atoms with Crippen molar-refractivity contribution < 1.29 is 9.90 Å². The first-order chi connectivity index (χ1) is 9.10. The number of carbonyl (C=O) groups is 1. The average molecular weight is 263 g/mol. The SMILES string of the molecule is CN(Cc1ccccc1C(=O)NN)CC1CC(O)C1. The maximum atomic E-state index is 11.7. The Bertz CT molecular complexity index is 444. The lowest BCUT2D eigenvalue weighted by atomic mass is 9.82. The molecule has 4 N–H and O–H groups in total. The zero-order valence-electron chi connectivity index (χ0n) is 11.2. The van der Waals surface area contributed by atoms with Gasteiger partial charge in [-0.1, -0.05) is 18.2 Å². The first-order valence-electron chi connectivity index (χ1n) is 6.55. The Morgan fingerprint density at radius 1 is 1.47 bits per heavy atom. The summed E-state index contributed by atoms with van der Waals surface area (Å²) in [6.45, 7) is 1.64. The van der Waals surface area contributed by atoms with Crippen LogP contribution in [0.5, 0.6) is 0 Å². The van der Waals surface area contributed by atoms with Crippen LogP contribution < -0.4 is 11.3 Å². The molecule has 0 heterocycles. The van der Waals surface area contributed by atoms with Crippen LogP contribution in [0.4, 0.5) is 0 Å². The van der Waals surface area contributed by atoms with Gasteiger partial charge >= 0.3 is 0 Å². The van der Waals surface area contributed by atoms with Crippen molar-refractivity contribution in [2.24, 2.45) is 11.8 Å². The van der Waals surface area contributed by atoms with Crippen LogP contribution in [0.2, 0.25) is 0 Å². The number of hydrogen-bond donors (Lipinski definition) is 3. The quantitative estimate of drug-likeness (QED) is 0.410. The van der Waals surface area contributed by atoms with Crippen LogP contribution in [0.3, 0.4) is 0 Å². The Morgan fingerprint density at radius 2 is 2.16 bits per heavy atom. The number of nitrogens with zero attached hydrogens (tertiary/aromatic N) is 1. The Labute approximate surface area is 113 Å². The van der Waals surface area contributed by atoms with Crippen molar-refractivity contribution in [3.63, 3.8) is 0 Å². The maximum Gasteiger partial charge on any atom is 0.265 e. The van der Waals surface area contributed by atoms with Gasteiger partial charge in [0.25, 0.3) is 5.91 Å². The number of amides is 1. The molecule has 0 aliphatic heterocycles. The van der Waals surface area contributed by atoms with Gasteiger partial charge in [-0.15, -0.1) is 0 Å². The first kappa shape index (κ1) is 14.0. The molecule has 0 bridgehead atoms. The number of hydrazine groups is 1. The third kappa shape index (κ3) is 3.53. The molecule has 1 fully saturated rings. The lowest BCUT2D eigenvalue weighted by Gasteiger charge is -2.34. The third-order valence-corrected chi connectivity index (χ3v) is 3.61. The predicted molar refractivity (Wildman–Crippen MR) is 73.2 cm³/mol. The molecule has 5 heteroatoms. The zero-order valence-corrected chi connectivity index (χ0v) is 11.2. The molecule has 1 aliphatic carbocycles. The molecule has 5 nitrogen and oxygen atoms in total. The molecule has 0 saturated heterocycles. The molecule has 0 aromatic heterocycles. The minimum absolute atomic E-state index is 0.117. The van der Waals surface area contributed by atoms with Gasteiger partial charge in [0.1, 0.15) is 0 Å². The van der Waals surface area contributed by atoms with Gasteiger partial charge in [-0.05, 0) is 37.4 Å². The molecule has 2 rings (SSSR count). The summed E-state index contributed by atoms with van der Waals surface area (Å²) in [5, 5.41) is 9.28. The van der Waals surface area contributed by atoms with Crippen LogP contribution in [0, 0.1) is 5.92 Å². The Morgan fingerprint density at radius 3 is 2.79 bits per heavy atom. The van der Waals surface area contributed by atoms with E-state index in [-0.39, 0.29) is 12.0 Å². The second kappa shape index (κ2) is 6.14. The van der Waals surface area contributed by atoms with Gasteiger partial charge in [0.05, 0.1) is 6.10 Å². The zero-order chi connectivity index (χ0) is 13.8. The van der Waals surface area contributed by atoms with Gasteiger partial charge in [0.2, 0.25) is 0 Å². The molecule has 1 aromatic carbocycles. The molecule has 1 amide bonds. The lowest BCUT2D eigenvalue weighted by Crippen LogP contribution is -2.37. The predicted octanol–water partition coefficient (Wildman–Crippen LogP) is 0.493. The normalized spacial score (nSPS) is 22.1. The number of nitrogens with one attached hydrogen (secondary N) is 1. The van der Waals surface area contributed by atoms with E-state index in [9.17, 15) is 9.90 Å². The molecule has 0 radical (unpaired) electrons. The number of nitrogen functional groups attached to an aromatic ring is 1. The molecule has 19 heavy (non-hydrogen) atoms. The largest absolute Gasteiger partial charge is 0.393 e. The first-order valence-corrected chi connectivity index (χ1v) is 6.55. The Hall–Kier alpha value is -1.43. The van der Waals surface area contributed by atoms with Crippen molar-refractivity contribution in [2.45, 2.75) is 25.5 Å². The van der Waals surface area contributed by atoms with E-state index in [1.807, 2.05) is 25.2 Å². The van der Waals surface area contributed by atoms with Gasteiger partial charge in [-0.3, -0.25) is 10.2 Å². The fraction of sp³-hybridized carbons (Fsp3) is 0.500. The Kier molecular flexibility index (Phi) is 4.52. The second-order valence-corrected chi connectivity index (χ2v) is 5.32. The summed E-state index contributed by atoms with van der Waals surface area (Å²) in [6, 6.07) is 7.47. The Balaban J connectivity index is 1.96. The van der Waals surface area contributed by atoms with Gasteiger partial charge in [0.15, 0.2) is 0 Å². The van der Waals surface area contributed by atoms with Crippen molar-refractivity contribution in [3.05, 3.63) is 35.4 Å². The van der Waals surface area contributed by atoms with Crippen molar-refractivity contribution in [1.82, 2.24) is 10.3 Å². The molecule has 1 saturated carbocycles. The van der Waals surface area contributed by atoms with Gasteiger partial charge in [0, 0.05) is 18.7 Å². The highest BCUT2D eigenvalue weighted by Gasteiger charge is 2.28. The summed E-state index contributed by atoms with van der Waals surface area (Å²) in [6.07, 6.45) is 1.65. The molecule has 0 atom stereocenters. The highest BCUT2D eigenvalue weighted by Crippen LogP contribution is 2.28. The average Bonchev–Trinajstić information content (AvgIpc) is 2.36. The molecular weight excluding hydrogens is 242 g/mol. The summed E-state index contributed by atoms with van der Waals surface area (Å²) >= 11 is 0. The monoisotopic (exact) mass is 263 g/mol. The highest BCUT2D eigenvalue weighted by molar-refractivity contribution is 5.95. The van der Waals surface area contributed by atoms with Crippen molar-refractivity contribution >= 4 is 5.91 Å². The standard InChI is InChI=1S/C14H21N3O2/c1-17(8-10-6-12(18)7-10)9-11-4-2-3-5-13(11)14(19)16-15/h2-5,10,12,18H,6-9,15H2,1H3,(H,16,19). The number of aliphatic hydroxyl groups is 1. The summed E-state index contributed by atoms with van der Waals surface area (Å²) < 4.78 is 0. The van der Waals surface area contributed by atoms with Gasteiger partial charge in [-0.25, -0.2) is 5.84 Å². The minimum atomic E-state index is -0.261. The number of rotatable bonds is 5.